The van der Waals surface area contributed by atoms with E-state index in [1.54, 1.807) is 13.8 Å². The second kappa shape index (κ2) is 4.26. The number of rotatable bonds is 3. The fourth-order valence-electron chi connectivity index (χ4n) is 0.134. The molecule has 0 saturated heterocycles. The fraction of sp³-hybridized carbons (Fsp3) is 1.00. The first-order chi connectivity index (χ1) is 3.27. The summed E-state index contributed by atoms with van der Waals surface area (Å²) in [6.45, 7) is 3.60. The van der Waals surface area contributed by atoms with Crippen LogP contribution in [0.1, 0.15) is 13.8 Å². The van der Waals surface area contributed by atoms with Crippen LogP contribution in [-0.4, -0.2) is 21.6 Å². The molecule has 0 aromatic heterocycles. The van der Waals surface area contributed by atoms with Crippen LogP contribution < -0.4 is 0 Å². The van der Waals surface area contributed by atoms with E-state index < -0.39 is 15.5 Å². The van der Waals surface area contributed by atoms with E-state index in [2.05, 4.69) is 8.83 Å². The molecular weight excluding hydrogens is 111 g/mol. The Labute approximate surface area is 48.8 Å². The summed E-state index contributed by atoms with van der Waals surface area (Å²) in [5.74, 6) is 0. The van der Waals surface area contributed by atoms with Crippen LogP contribution >= 0.6 is 0 Å². The average molecular weight is 118 g/mol. The van der Waals surface area contributed by atoms with E-state index in [4.69, 9.17) is 0 Å². The summed E-state index contributed by atoms with van der Waals surface area (Å²) in [5, 5.41) is 0. The van der Waals surface area contributed by atoms with Gasteiger partial charge in [0, 0.05) is 0 Å². The van der Waals surface area contributed by atoms with Crippen molar-refractivity contribution in [3.63, 3.8) is 0 Å². The summed E-state index contributed by atoms with van der Waals surface area (Å²) < 4.78 is 13.7. The van der Waals surface area contributed by atoms with E-state index in [1.807, 2.05) is 0 Å². The van der Waals surface area contributed by atoms with E-state index >= 15 is 0 Å². The monoisotopic (exact) mass is 118 g/mol. The summed E-state index contributed by atoms with van der Waals surface area (Å²) in [7, 11) is 0. The molecule has 40 valence electrons. The second-order valence-electron chi connectivity index (χ2n) is 1.34. The van der Waals surface area contributed by atoms with Crippen LogP contribution in [0.25, 0.3) is 0 Å². The van der Waals surface area contributed by atoms with Gasteiger partial charge in [0.25, 0.3) is 0 Å². The Kier molecular flexibility index (Phi) is 4.31. The van der Waals surface area contributed by atoms with Crippen LogP contribution in [0.3, 0.4) is 0 Å². The molecule has 0 heterocycles. The van der Waals surface area contributed by atoms with Gasteiger partial charge in [-0.05, 0) is 0 Å². The van der Waals surface area contributed by atoms with Gasteiger partial charge < -0.3 is 0 Å². The van der Waals surface area contributed by atoms with Crippen LogP contribution in [-0.2, 0) is 12.6 Å². The third-order valence-corrected chi connectivity index (χ3v) is 0.477. The molecule has 0 radical (unpaired) electrons. The third kappa shape index (κ3) is 6.09. The summed E-state index contributed by atoms with van der Waals surface area (Å²) in [5.41, 5.74) is 0. The summed E-state index contributed by atoms with van der Waals surface area (Å²) in [6.07, 6.45) is 0.00134. The van der Waals surface area contributed by atoms with E-state index in [-0.39, 0.29) is 6.10 Å². The summed E-state index contributed by atoms with van der Waals surface area (Å²) in [4.78, 5) is 4.42. The zero-order valence-corrected chi connectivity index (χ0v) is 5.53. The fourth-order valence-corrected chi connectivity index (χ4v) is 0.401. The molecule has 7 heavy (non-hydrogen) atoms. The van der Waals surface area contributed by atoms with Gasteiger partial charge in [-0.15, -0.1) is 0 Å². The molecule has 0 bridgehead atoms. The van der Waals surface area contributed by atoms with Gasteiger partial charge in [0.05, 0.1) is 0 Å². The normalized spacial score (nSPS) is 8.43. The Balaban J connectivity index is 2.81. The van der Waals surface area contributed by atoms with Crippen LogP contribution in [0.15, 0.2) is 0 Å². The predicted octanol–water partition coefficient (Wildman–Crippen LogP) is 0.308. The molecule has 0 atom stereocenters. The Bertz CT molecular complexity index is 54.1. The minimum atomic E-state index is -1.21. The Morgan fingerprint density at radius 1 is 1.57 bits per heavy atom. The van der Waals surface area contributed by atoms with Gasteiger partial charge in [0.2, 0.25) is 0 Å². The van der Waals surface area contributed by atoms with E-state index in [0.717, 1.165) is 0 Å². The molecule has 0 unspecified atom stereocenters. The van der Waals surface area contributed by atoms with Crippen molar-refractivity contribution < 1.29 is 12.6 Å². The van der Waals surface area contributed by atoms with E-state index in [0.29, 0.717) is 0 Å². The first-order valence-corrected chi connectivity index (χ1v) is 2.97. The zero-order valence-electron chi connectivity index (χ0n) is 4.38. The van der Waals surface area contributed by atoms with Crippen molar-refractivity contribution >= 4 is 15.5 Å². The molecule has 0 rings (SSSR count). The first kappa shape index (κ1) is 7.09. The number of hydrogen-bond donors (Lipinski definition) is 0. The van der Waals surface area contributed by atoms with Gasteiger partial charge in [-0.25, -0.2) is 0 Å². The van der Waals surface area contributed by atoms with Crippen molar-refractivity contribution in [3.8, 4) is 0 Å². The molecule has 0 amide bonds. The SMILES string of the molecule is CC(C)O[O][Al]=[O]. The van der Waals surface area contributed by atoms with Crippen LogP contribution in [0.2, 0.25) is 0 Å². The van der Waals surface area contributed by atoms with Gasteiger partial charge in [0.15, 0.2) is 0 Å². The molecule has 3 nitrogen and oxygen atoms in total. The average Bonchev–Trinajstić information content (AvgIpc) is 1.61. The summed E-state index contributed by atoms with van der Waals surface area (Å²) in [6, 6.07) is 0. The molecule has 0 aliphatic heterocycles. The molecular formula is C3H7AlO3. The van der Waals surface area contributed by atoms with Crippen LogP contribution in [0.4, 0.5) is 0 Å². The molecule has 0 aliphatic rings. The molecule has 0 saturated carbocycles. The topological polar surface area (TPSA) is 35.5 Å². The van der Waals surface area contributed by atoms with Crippen molar-refractivity contribution in [2.75, 3.05) is 0 Å². The molecule has 4 heteroatoms. The van der Waals surface area contributed by atoms with Crippen LogP contribution in [0.5, 0.6) is 0 Å². The zero-order chi connectivity index (χ0) is 5.70. The van der Waals surface area contributed by atoms with Crippen LogP contribution in [0, 0.1) is 0 Å². The minimum absolute atomic E-state index is 0.00134. The standard InChI is InChI=1S/C3H8O2.Al.O/c1-3(2)5-4;;/h3-4H,1-2H3;;/q;+1;/p-1. The molecule has 0 aliphatic carbocycles. The van der Waals surface area contributed by atoms with Gasteiger partial charge in [0.1, 0.15) is 0 Å². The Morgan fingerprint density at radius 2 is 2.14 bits per heavy atom. The van der Waals surface area contributed by atoms with Gasteiger partial charge in [-0.2, -0.15) is 0 Å². The van der Waals surface area contributed by atoms with Gasteiger partial charge in [-0.1, -0.05) is 0 Å². The first-order valence-electron chi connectivity index (χ1n) is 2.03. The molecule has 0 spiro atoms. The van der Waals surface area contributed by atoms with Crippen molar-refractivity contribution in [3.05, 3.63) is 0 Å². The molecule has 0 fully saturated rings. The second-order valence-corrected chi connectivity index (χ2v) is 1.72. The summed E-state index contributed by atoms with van der Waals surface area (Å²) >= 11 is -1.21. The quantitative estimate of drug-likeness (QED) is 0.304. The van der Waals surface area contributed by atoms with E-state index in [9.17, 15) is 3.80 Å². The van der Waals surface area contributed by atoms with Crippen molar-refractivity contribution in [2.24, 2.45) is 0 Å². The van der Waals surface area contributed by atoms with E-state index in [1.165, 1.54) is 0 Å². The predicted molar refractivity (Wildman–Crippen MR) is 23.7 cm³/mol. The molecule has 0 aromatic rings. The maximum atomic E-state index is 9.57. The van der Waals surface area contributed by atoms with Gasteiger partial charge >= 0.3 is 48.1 Å². The Morgan fingerprint density at radius 3 is 2.29 bits per heavy atom. The molecule has 0 N–H and O–H groups in total. The Hall–Kier alpha value is 0.0925. The third-order valence-electron chi connectivity index (χ3n) is 0.287. The maximum absolute atomic E-state index is 9.57. The molecule has 0 aromatic carbocycles. The van der Waals surface area contributed by atoms with Crippen molar-refractivity contribution in [2.45, 2.75) is 20.0 Å². The van der Waals surface area contributed by atoms with Crippen molar-refractivity contribution in [1.29, 1.82) is 0 Å². The van der Waals surface area contributed by atoms with Crippen molar-refractivity contribution in [1.82, 2.24) is 0 Å². The number of hydrogen-bond acceptors (Lipinski definition) is 3. The van der Waals surface area contributed by atoms with Gasteiger partial charge in [-0.3, -0.25) is 0 Å².